The molecule has 3 rings (SSSR count). The van der Waals surface area contributed by atoms with E-state index in [4.69, 9.17) is 0 Å². The van der Waals surface area contributed by atoms with Crippen LogP contribution in [0.3, 0.4) is 0 Å². The topological polar surface area (TPSA) is 80.9 Å². The first-order chi connectivity index (χ1) is 8.75. The number of carbonyl (C=O) groups is 1. The molecule has 0 bridgehead atoms. The van der Waals surface area contributed by atoms with E-state index in [2.05, 4.69) is 43.2 Å². The van der Waals surface area contributed by atoms with Crippen LogP contribution in [0.25, 0.3) is 0 Å². The van der Waals surface area contributed by atoms with Crippen LogP contribution in [0.5, 0.6) is 0 Å². The van der Waals surface area contributed by atoms with Crippen molar-refractivity contribution in [3.63, 3.8) is 0 Å². The van der Waals surface area contributed by atoms with Crippen molar-refractivity contribution in [3.05, 3.63) is 5.82 Å². The third-order valence-corrected chi connectivity index (χ3v) is 5.76. The van der Waals surface area contributed by atoms with Crippen LogP contribution in [0.1, 0.15) is 58.7 Å². The van der Waals surface area contributed by atoms with Crippen LogP contribution in [0.15, 0.2) is 0 Å². The molecule has 0 amide bonds. The summed E-state index contributed by atoms with van der Waals surface area (Å²) in [7, 11) is 0. The molecule has 0 aliphatic heterocycles. The number of nitrogens with zero attached hydrogens (tertiary/aromatic N) is 4. The van der Waals surface area contributed by atoms with Crippen LogP contribution in [0.2, 0.25) is 0 Å². The minimum atomic E-state index is -0.909. The van der Waals surface area contributed by atoms with E-state index in [9.17, 15) is 9.90 Å². The van der Waals surface area contributed by atoms with E-state index in [1.54, 1.807) is 4.68 Å². The molecule has 2 saturated carbocycles. The maximum Gasteiger partial charge on any atom is 0.331 e. The molecule has 2 aliphatic rings. The van der Waals surface area contributed by atoms with Gasteiger partial charge in [-0.1, -0.05) is 27.7 Å². The smallest absolute Gasteiger partial charge is 0.331 e. The molecule has 0 atom stereocenters. The van der Waals surface area contributed by atoms with E-state index in [1.807, 2.05) is 0 Å². The summed E-state index contributed by atoms with van der Waals surface area (Å²) in [5.74, 6) is 0.132. The van der Waals surface area contributed by atoms with Gasteiger partial charge in [-0.25, -0.2) is 9.48 Å². The van der Waals surface area contributed by atoms with Crippen molar-refractivity contribution in [3.8, 4) is 0 Å². The molecule has 2 aliphatic carbocycles. The number of rotatable bonds is 3. The Morgan fingerprint density at radius 2 is 1.84 bits per heavy atom. The monoisotopic (exact) mass is 264 g/mol. The summed E-state index contributed by atoms with van der Waals surface area (Å²) in [5, 5.41) is 21.4. The molecule has 2 fully saturated rings. The van der Waals surface area contributed by atoms with E-state index in [-0.39, 0.29) is 16.7 Å². The second-order valence-electron chi connectivity index (χ2n) is 7.02. The molecule has 6 nitrogen and oxygen atoms in total. The number of carboxylic acid groups (broad SMARTS) is 1. The minimum Gasteiger partial charge on any atom is -0.479 e. The van der Waals surface area contributed by atoms with Crippen molar-refractivity contribution in [2.75, 3.05) is 0 Å². The van der Waals surface area contributed by atoms with E-state index < -0.39 is 11.5 Å². The van der Waals surface area contributed by atoms with Gasteiger partial charge in [0.05, 0.1) is 0 Å². The Labute approximate surface area is 112 Å². The first kappa shape index (κ1) is 12.6. The molecule has 0 saturated heterocycles. The molecule has 6 heteroatoms. The molecule has 1 N–H and O–H groups in total. The Kier molecular flexibility index (Phi) is 2.21. The number of aromatic nitrogens is 4. The zero-order valence-electron chi connectivity index (χ0n) is 11.8. The lowest BCUT2D eigenvalue weighted by molar-refractivity contribution is -0.153. The maximum atomic E-state index is 11.6. The molecule has 0 aromatic carbocycles. The Bertz CT molecular complexity index is 529. The molecule has 104 valence electrons. The fourth-order valence-corrected chi connectivity index (χ4v) is 3.55. The Hall–Kier alpha value is -1.46. The summed E-state index contributed by atoms with van der Waals surface area (Å²) >= 11 is 0. The third-order valence-electron chi connectivity index (χ3n) is 5.76. The van der Waals surface area contributed by atoms with Crippen molar-refractivity contribution in [2.45, 2.75) is 58.4 Å². The Morgan fingerprint density at radius 3 is 2.21 bits per heavy atom. The standard InChI is InChI=1S/C13H20N4O2/c1-11(2)8(12(11,3)4)9-14-15-16-17(9)13(10(18)19)6-5-7-13/h8H,5-7H2,1-4H3,(H,18,19). The van der Waals surface area contributed by atoms with Gasteiger partial charge in [-0.15, -0.1) is 5.10 Å². The Balaban J connectivity index is 2.04. The van der Waals surface area contributed by atoms with Gasteiger partial charge in [-0.3, -0.25) is 0 Å². The molecule has 1 aromatic rings. The number of hydrogen-bond donors (Lipinski definition) is 1. The van der Waals surface area contributed by atoms with E-state index in [1.165, 1.54) is 0 Å². The number of hydrogen-bond acceptors (Lipinski definition) is 4. The first-order valence-corrected chi connectivity index (χ1v) is 6.77. The van der Waals surface area contributed by atoms with Crippen LogP contribution >= 0.6 is 0 Å². The highest BCUT2D eigenvalue weighted by Crippen LogP contribution is 2.73. The highest BCUT2D eigenvalue weighted by Gasteiger charge is 2.68. The van der Waals surface area contributed by atoms with Crippen molar-refractivity contribution in [1.82, 2.24) is 20.2 Å². The average molecular weight is 264 g/mol. The number of aliphatic carboxylic acids is 1. The van der Waals surface area contributed by atoms with Crippen molar-refractivity contribution >= 4 is 5.97 Å². The van der Waals surface area contributed by atoms with E-state index >= 15 is 0 Å². The van der Waals surface area contributed by atoms with Crippen LogP contribution in [-0.2, 0) is 10.3 Å². The van der Waals surface area contributed by atoms with Crippen LogP contribution in [0.4, 0.5) is 0 Å². The SMILES string of the molecule is CC1(C)C(c2nnnn2C2(C(=O)O)CCC2)C1(C)C. The number of carboxylic acids is 1. The van der Waals surface area contributed by atoms with Crippen LogP contribution in [-0.4, -0.2) is 31.3 Å². The fraction of sp³-hybridized carbons (Fsp3) is 0.846. The summed E-state index contributed by atoms with van der Waals surface area (Å²) < 4.78 is 1.58. The first-order valence-electron chi connectivity index (χ1n) is 6.77. The van der Waals surface area contributed by atoms with Crippen molar-refractivity contribution < 1.29 is 9.90 Å². The summed E-state index contributed by atoms with van der Waals surface area (Å²) in [6, 6.07) is 0. The normalized spacial score (nSPS) is 26.7. The molecule has 19 heavy (non-hydrogen) atoms. The zero-order valence-corrected chi connectivity index (χ0v) is 11.8. The van der Waals surface area contributed by atoms with Gasteiger partial charge in [0.2, 0.25) is 0 Å². The fourth-order valence-electron chi connectivity index (χ4n) is 3.55. The summed E-state index contributed by atoms with van der Waals surface area (Å²) in [6.07, 6.45) is 2.16. The lowest BCUT2D eigenvalue weighted by Gasteiger charge is -2.37. The van der Waals surface area contributed by atoms with Gasteiger partial charge in [-0.2, -0.15) is 0 Å². The molecule has 0 radical (unpaired) electrons. The third kappa shape index (κ3) is 1.32. The van der Waals surface area contributed by atoms with Gasteiger partial charge in [0.15, 0.2) is 11.4 Å². The highest BCUT2D eigenvalue weighted by atomic mass is 16.4. The molecule has 1 aromatic heterocycles. The van der Waals surface area contributed by atoms with Gasteiger partial charge in [0, 0.05) is 5.92 Å². The summed E-state index contributed by atoms with van der Waals surface area (Å²) in [4.78, 5) is 11.6. The number of tetrazole rings is 1. The second kappa shape index (κ2) is 3.35. The predicted octanol–water partition coefficient (Wildman–Crippen LogP) is 1.79. The molecule has 0 spiro atoms. The minimum absolute atomic E-state index is 0.100. The second-order valence-corrected chi connectivity index (χ2v) is 7.02. The van der Waals surface area contributed by atoms with Gasteiger partial charge >= 0.3 is 5.97 Å². The largest absolute Gasteiger partial charge is 0.479 e. The molecule has 0 unspecified atom stereocenters. The average Bonchev–Trinajstić information content (AvgIpc) is 2.60. The van der Waals surface area contributed by atoms with E-state index in [0.717, 1.165) is 12.2 Å². The summed E-state index contributed by atoms with van der Waals surface area (Å²) in [6.45, 7) is 8.74. The predicted molar refractivity (Wildman–Crippen MR) is 67.6 cm³/mol. The van der Waals surface area contributed by atoms with Gasteiger partial charge in [0.25, 0.3) is 0 Å². The lowest BCUT2D eigenvalue weighted by atomic mass is 9.76. The van der Waals surface area contributed by atoms with Gasteiger partial charge in [-0.05, 0) is 40.5 Å². The van der Waals surface area contributed by atoms with Crippen LogP contribution in [0, 0.1) is 10.8 Å². The van der Waals surface area contributed by atoms with Crippen molar-refractivity contribution in [1.29, 1.82) is 0 Å². The maximum absolute atomic E-state index is 11.6. The zero-order chi connectivity index (χ0) is 14.1. The van der Waals surface area contributed by atoms with Crippen LogP contribution < -0.4 is 0 Å². The van der Waals surface area contributed by atoms with Gasteiger partial charge in [0.1, 0.15) is 0 Å². The molecular weight excluding hydrogens is 244 g/mol. The molecule has 1 heterocycles. The Morgan fingerprint density at radius 1 is 1.26 bits per heavy atom. The van der Waals surface area contributed by atoms with Gasteiger partial charge < -0.3 is 5.11 Å². The quantitative estimate of drug-likeness (QED) is 0.900. The summed E-state index contributed by atoms with van der Waals surface area (Å²) in [5.41, 5.74) is -0.709. The van der Waals surface area contributed by atoms with E-state index in [0.29, 0.717) is 12.8 Å². The lowest BCUT2D eigenvalue weighted by Crippen LogP contribution is -2.49. The highest BCUT2D eigenvalue weighted by molar-refractivity contribution is 5.77. The van der Waals surface area contributed by atoms with Crippen molar-refractivity contribution in [2.24, 2.45) is 10.8 Å². The molecular formula is C13H20N4O2.